The molecule has 0 saturated carbocycles. The maximum absolute atomic E-state index is 10.2. The second-order valence-electron chi connectivity index (χ2n) is 2.18. The summed E-state index contributed by atoms with van der Waals surface area (Å²) in [6.45, 7) is 1.28. The topological polar surface area (TPSA) is 92.4 Å². The highest BCUT2D eigenvalue weighted by Crippen LogP contribution is 2.01. The molecule has 0 radical (unpaired) electrons. The summed E-state index contributed by atoms with van der Waals surface area (Å²) in [5.41, 5.74) is 3.23. The molecule has 0 spiro atoms. The fourth-order valence-corrected chi connectivity index (χ4v) is 0.517. The van der Waals surface area contributed by atoms with Crippen molar-refractivity contribution in [2.75, 3.05) is 0 Å². The molecule has 58 valence electrons. The molecule has 0 bridgehead atoms. The lowest BCUT2D eigenvalue weighted by molar-refractivity contribution is -0.126. The van der Waals surface area contributed by atoms with Crippen molar-refractivity contribution in [3.8, 4) is 0 Å². The number of hydrogen-bond donors (Lipinski definition) is 3. The lowest BCUT2D eigenvalue weighted by atomic mass is 10.2. The van der Waals surface area contributed by atoms with Gasteiger partial charge in [0.25, 0.3) is 0 Å². The normalized spacial score (nSPS) is 15.4. The Bertz CT molecular complexity index is 144. The van der Waals surface area contributed by atoms with Crippen molar-refractivity contribution >= 4 is 12.3 Å². The molecule has 1 unspecified atom stereocenters. The lowest BCUT2D eigenvalue weighted by Crippen LogP contribution is -2.44. The van der Waals surface area contributed by atoms with Crippen LogP contribution in [-0.2, 0) is 9.59 Å². The Morgan fingerprint density at radius 3 is 2.70 bits per heavy atom. The van der Waals surface area contributed by atoms with Crippen LogP contribution in [-0.4, -0.2) is 23.1 Å². The number of amides is 2. The monoisotopic (exact) mass is 146 g/mol. The van der Waals surface area contributed by atoms with E-state index in [0.717, 1.165) is 0 Å². The first-order chi connectivity index (χ1) is 4.48. The molecule has 0 rings (SSSR count). The zero-order valence-corrected chi connectivity index (χ0v) is 5.63. The number of hydrogen-bond acceptors (Lipinski definition) is 3. The van der Waals surface area contributed by atoms with Crippen molar-refractivity contribution in [2.24, 2.45) is 5.73 Å². The van der Waals surface area contributed by atoms with Crippen LogP contribution < -0.4 is 11.1 Å². The Labute approximate surface area is 58.2 Å². The number of carbonyl (C=O) groups is 2. The number of rotatable bonds is 4. The Balaban J connectivity index is 3.85. The highest BCUT2D eigenvalue weighted by molar-refractivity contribution is 5.75. The molecule has 4 N–H and O–H groups in total. The van der Waals surface area contributed by atoms with Gasteiger partial charge in [0.1, 0.15) is 5.72 Å². The smallest absolute Gasteiger partial charge is 0.222 e. The molecule has 0 aromatic heterocycles. The maximum atomic E-state index is 10.2. The van der Waals surface area contributed by atoms with Crippen LogP contribution in [0.5, 0.6) is 0 Å². The Morgan fingerprint density at radius 1 is 1.90 bits per heavy atom. The van der Waals surface area contributed by atoms with Gasteiger partial charge in [-0.25, -0.2) is 0 Å². The predicted molar refractivity (Wildman–Crippen MR) is 33.6 cm³/mol. The SMILES string of the molecule is CC(O)(CC(N)=O)NC=O. The molecule has 5 nitrogen and oxygen atoms in total. The molecule has 10 heavy (non-hydrogen) atoms. The molecule has 0 aliphatic heterocycles. The quantitative estimate of drug-likeness (QED) is 0.326. The number of aliphatic hydroxyl groups is 1. The van der Waals surface area contributed by atoms with E-state index in [2.05, 4.69) is 0 Å². The molecular formula is C5H10N2O3. The van der Waals surface area contributed by atoms with Crippen molar-refractivity contribution < 1.29 is 14.7 Å². The van der Waals surface area contributed by atoms with E-state index < -0.39 is 11.6 Å². The third-order valence-electron chi connectivity index (χ3n) is 0.888. The summed E-state index contributed by atoms with van der Waals surface area (Å²) in [6, 6.07) is 0. The van der Waals surface area contributed by atoms with Crippen LogP contribution in [0.25, 0.3) is 0 Å². The van der Waals surface area contributed by atoms with Crippen LogP contribution in [0.15, 0.2) is 0 Å². The van der Waals surface area contributed by atoms with Crippen molar-refractivity contribution in [3.05, 3.63) is 0 Å². The fourth-order valence-electron chi connectivity index (χ4n) is 0.517. The van der Waals surface area contributed by atoms with Gasteiger partial charge in [0.15, 0.2) is 0 Å². The second-order valence-corrected chi connectivity index (χ2v) is 2.18. The van der Waals surface area contributed by atoms with Crippen molar-refractivity contribution in [2.45, 2.75) is 19.1 Å². The summed E-state index contributed by atoms with van der Waals surface area (Å²) < 4.78 is 0. The van der Waals surface area contributed by atoms with Gasteiger partial charge < -0.3 is 16.2 Å². The Hall–Kier alpha value is -1.10. The summed E-state index contributed by atoms with van der Waals surface area (Å²) in [4.78, 5) is 20.0. The minimum Gasteiger partial charge on any atom is -0.371 e. The zero-order chi connectivity index (χ0) is 8.20. The average molecular weight is 146 g/mol. The van der Waals surface area contributed by atoms with Gasteiger partial charge in [0.2, 0.25) is 12.3 Å². The largest absolute Gasteiger partial charge is 0.371 e. The highest BCUT2D eigenvalue weighted by atomic mass is 16.3. The Kier molecular flexibility index (Phi) is 2.82. The van der Waals surface area contributed by atoms with Crippen LogP contribution in [0.1, 0.15) is 13.3 Å². The highest BCUT2D eigenvalue weighted by Gasteiger charge is 2.20. The maximum Gasteiger partial charge on any atom is 0.222 e. The summed E-state index contributed by atoms with van der Waals surface area (Å²) in [6.07, 6.45) is 0.0225. The molecular weight excluding hydrogens is 136 g/mol. The number of carbonyl (C=O) groups excluding carboxylic acids is 2. The number of nitrogens with two attached hydrogens (primary N) is 1. The Morgan fingerprint density at radius 2 is 2.40 bits per heavy atom. The van der Waals surface area contributed by atoms with Gasteiger partial charge in [-0.2, -0.15) is 0 Å². The van der Waals surface area contributed by atoms with E-state index in [1.165, 1.54) is 6.92 Å². The van der Waals surface area contributed by atoms with Crippen LogP contribution in [0.3, 0.4) is 0 Å². The molecule has 0 heterocycles. The van der Waals surface area contributed by atoms with E-state index in [4.69, 9.17) is 10.8 Å². The molecule has 0 aromatic carbocycles. The summed E-state index contributed by atoms with van der Waals surface area (Å²) in [5.74, 6) is -0.667. The van der Waals surface area contributed by atoms with Crippen LogP contribution in [0.4, 0.5) is 0 Å². The summed E-state index contributed by atoms with van der Waals surface area (Å²) >= 11 is 0. The van der Waals surface area contributed by atoms with Crippen LogP contribution in [0.2, 0.25) is 0 Å². The molecule has 0 aromatic rings. The zero-order valence-electron chi connectivity index (χ0n) is 5.63. The van der Waals surface area contributed by atoms with Gasteiger partial charge in [-0.1, -0.05) is 0 Å². The first kappa shape index (κ1) is 8.90. The van der Waals surface area contributed by atoms with E-state index in [-0.39, 0.29) is 6.42 Å². The van der Waals surface area contributed by atoms with E-state index in [0.29, 0.717) is 6.41 Å². The van der Waals surface area contributed by atoms with Crippen molar-refractivity contribution in [1.82, 2.24) is 5.32 Å². The third-order valence-corrected chi connectivity index (χ3v) is 0.888. The van der Waals surface area contributed by atoms with Gasteiger partial charge in [-0.3, -0.25) is 9.59 Å². The second kappa shape index (κ2) is 3.17. The molecule has 0 fully saturated rings. The average Bonchev–Trinajstić information content (AvgIpc) is 1.59. The fraction of sp³-hybridized carbons (Fsp3) is 0.600. The minimum absolute atomic E-state index is 0.286. The van der Waals surface area contributed by atoms with Crippen molar-refractivity contribution in [3.63, 3.8) is 0 Å². The summed E-state index contributed by atoms with van der Waals surface area (Å²) in [7, 11) is 0. The first-order valence-corrected chi connectivity index (χ1v) is 2.70. The minimum atomic E-state index is -1.52. The van der Waals surface area contributed by atoms with Gasteiger partial charge >= 0.3 is 0 Å². The molecule has 1 atom stereocenters. The molecule has 0 aliphatic carbocycles. The first-order valence-electron chi connectivity index (χ1n) is 2.70. The van der Waals surface area contributed by atoms with Gasteiger partial charge in [0, 0.05) is 0 Å². The van der Waals surface area contributed by atoms with E-state index in [1.807, 2.05) is 5.32 Å². The molecule has 5 heteroatoms. The standard InChI is InChI=1S/C5H10N2O3/c1-5(10,7-3-8)2-4(6)9/h3,10H,2H2,1H3,(H2,6,9)(H,7,8). The molecule has 2 amide bonds. The lowest BCUT2D eigenvalue weighted by Gasteiger charge is -2.19. The van der Waals surface area contributed by atoms with Gasteiger partial charge in [-0.05, 0) is 6.92 Å². The van der Waals surface area contributed by atoms with Crippen LogP contribution in [0, 0.1) is 0 Å². The van der Waals surface area contributed by atoms with E-state index >= 15 is 0 Å². The number of primary amides is 1. The number of nitrogens with one attached hydrogen (secondary N) is 1. The van der Waals surface area contributed by atoms with E-state index in [1.54, 1.807) is 0 Å². The van der Waals surface area contributed by atoms with Crippen LogP contribution >= 0.6 is 0 Å². The van der Waals surface area contributed by atoms with Crippen molar-refractivity contribution in [1.29, 1.82) is 0 Å². The predicted octanol–water partition coefficient (Wildman–Crippen LogP) is -1.68. The van der Waals surface area contributed by atoms with Gasteiger partial charge in [0.05, 0.1) is 6.42 Å². The third kappa shape index (κ3) is 3.85. The van der Waals surface area contributed by atoms with Gasteiger partial charge in [-0.15, -0.1) is 0 Å². The summed E-state index contributed by atoms with van der Waals surface area (Å²) in [5, 5.41) is 11.1. The van der Waals surface area contributed by atoms with E-state index in [9.17, 15) is 9.59 Å². The molecule has 0 aliphatic rings. The molecule has 0 saturated heterocycles.